The lowest BCUT2D eigenvalue weighted by Gasteiger charge is -2.28. The summed E-state index contributed by atoms with van der Waals surface area (Å²) in [6.45, 7) is 2.27. The molecule has 1 fully saturated rings. The molecule has 4 nitrogen and oxygen atoms in total. The number of amides is 1. The number of nitrogens with two attached hydrogens (primary N) is 1. The summed E-state index contributed by atoms with van der Waals surface area (Å²) < 4.78 is 0. The van der Waals surface area contributed by atoms with Crippen molar-refractivity contribution in [3.05, 3.63) is 29.3 Å². The predicted octanol–water partition coefficient (Wildman–Crippen LogP) is 1.70. The lowest BCUT2D eigenvalue weighted by Crippen LogP contribution is -2.51. The van der Waals surface area contributed by atoms with Crippen LogP contribution in [0, 0.1) is 6.92 Å². The summed E-state index contributed by atoms with van der Waals surface area (Å²) in [5, 5.41) is 12.7. The van der Waals surface area contributed by atoms with Gasteiger partial charge in [-0.3, -0.25) is 4.79 Å². The van der Waals surface area contributed by atoms with E-state index in [-0.39, 0.29) is 17.2 Å². The molecule has 0 bridgehead atoms. The Labute approximate surface area is 107 Å². The summed E-state index contributed by atoms with van der Waals surface area (Å²) in [6.07, 6.45) is 4.09. The fraction of sp³-hybridized carbons (Fsp3) is 0.500. The van der Waals surface area contributed by atoms with Crippen molar-refractivity contribution in [3.8, 4) is 5.75 Å². The SMILES string of the molecule is Cc1ccc(C(=O)NC2(CN)CCCC2)cc1O. The number of carbonyl (C=O) groups excluding carboxylic acids is 1. The molecule has 98 valence electrons. The Bertz CT molecular complexity index is 451. The summed E-state index contributed by atoms with van der Waals surface area (Å²) in [7, 11) is 0. The molecule has 1 aromatic rings. The van der Waals surface area contributed by atoms with E-state index in [1.807, 2.05) is 0 Å². The van der Waals surface area contributed by atoms with E-state index in [0.717, 1.165) is 31.2 Å². The first-order valence-electron chi connectivity index (χ1n) is 6.38. The maximum Gasteiger partial charge on any atom is 0.251 e. The van der Waals surface area contributed by atoms with Gasteiger partial charge in [-0.1, -0.05) is 18.9 Å². The number of phenolic OH excluding ortho intramolecular Hbond substituents is 1. The summed E-state index contributed by atoms with van der Waals surface area (Å²) in [4.78, 5) is 12.2. The standard InChI is InChI=1S/C14H20N2O2/c1-10-4-5-11(8-12(10)17)13(18)16-14(9-15)6-2-3-7-14/h4-5,8,17H,2-3,6-7,9,15H2,1H3,(H,16,18). The Balaban J connectivity index is 2.13. The van der Waals surface area contributed by atoms with Crippen LogP contribution in [-0.4, -0.2) is 23.1 Å². The molecule has 1 aromatic carbocycles. The highest BCUT2D eigenvalue weighted by Crippen LogP contribution is 2.29. The number of benzene rings is 1. The second kappa shape index (κ2) is 4.98. The smallest absolute Gasteiger partial charge is 0.251 e. The van der Waals surface area contributed by atoms with Crippen LogP contribution in [0.1, 0.15) is 41.6 Å². The van der Waals surface area contributed by atoms with Crippen LogP contribution < -0.4 is 11.1 Å². The van der Waals surface area contributed by atoms with Crippen molar-refractivity contribution >= 4 is 5.91 Å². The lowest BCUT2D eigenvalue weighted by atomic mass is 9.97. The summed E-state index contributed by atoms with van der Waals surface area (Å²) >= 11 is 0. The minimum atomic E-state index is -0.252. The Morgan fingerprint density at radius 2 is 2.11 bits per heavy atom. The van der Waals surface area contributed by atoms with E-state index >= 15 is 0 Å². The summed E-state index contributed by atoms with van der Waals surface area (Å²) in [5.41, 5.74) is 6.78. The molecule has 0 spiro atoms. The molecule has 0 aliphatic heterocycles. The predicted molar refractivity (Wildman–Crippen MR) is 70.6 cm³/mol. The number of aromatic hydroxyl groups is 1. The van der Waals surface area contributed by atoms with Gasteiger partial charge in [0.05, 0.1) is 5.54 Å². The van der Waals surface area contributed by atoms with Crippen LogP contribution in [-0.2, 0) is 0 Å². The van der Waals surface area contributed by atoms with Crippen LogP contribution in [0.5, 0.6) is 5.75 Å². The second-order valence-corrected chi connectivity index (χ2v) is 5.15. The summed E-state index contributed by atoms with van der Waals surface area (Å²) in [6, 6.07) is 4.97. The van der Waals surface area contributed by atoms with Gasteiger partial charge in [0.25, 0.3) is 5.91 Å². The number of hydrogen-bond donors (Lipinski definition) is 3. The molecule has 4 heteroatoms. The molecular weight excluding hydrogens is 228 g/mol. The number of carbonyl (C=O) groups is 1. The molecule has 4 N–H and O–H groups in total. The Morgan fingerprint density at radius 1 is 1.44 bits per heavy atom. The molecule has 2 rings (SSSR count). The number of nitrogens with one attached hydrogen (secondary N) is 1. The minimum absolute atomic E-state index is 0.149. The highest BCUT2D eigenvalue weighted by molar-refractivity contribution is 5.95. The minimum Gasteiger partial charge on any atom is -0.508 e. The van der Waals surface area contributed by atoms with E-state index in [4.69, 9.17) is 5.73 Å². The Morgan fingerprint density at radius 3 is 2.67 bits per heavy atom. The van der Waals surface area contributed by atoms with Gasteiger partial charge in [-0.15, -0.1) is 0 Å². The average molecular weight is 248 g/mol. The van der Waals surface area contributed by atoms with Gasteiger partial charge >= 0.3 is 0 Å². The van der Waals surface area contributed by atoms with Gasteiger partial charge in [-0.05, 0) is 37.5 Å². The average Bonchev–Trinajstić information content (AvgIpc) is 2.82. The van der Waals surface area contributed by atoms with Crippen molar-refractivity contribution in [1.82, 2.24) is 5.32 Å². The van der Waals surface area contributed by atoms with E-state index in [1.165, 1.54) is 6.07 Å². The van der Waals surface area contributed by atoms with Crippen molar-refractivity contribution < 1.29 is 9.90 Å². The molecule has 0 heterocycles. The zero-order valence-electron chi connectivity index (χ0n) is 10.7. The van der Waals surface area contributed by atoms with Crippen LogP contribution in [0.25, 0.3) is 0 Å². The monoisotopic (exact) mass is 248 g/mol. The lowest BCUT2D eigenvalue weighted by molar-refractivity contribution is 0.0902. The molecule has 1 saturated carbocycles. The quantitative estimate of drug-likeness (QED) is 0.762. The fourth-order valence-corrected chi connectivity index (χ4v) is 2.50. The van der Waals surface area contributed by atoms with Crippen LogP contribution in [0.2, 0.25) is 0 Å². The normalized spacial score (nSPS) is 17.7. The van der Waals surface area contributed by atoms with Crippen molar-refractivity contribution in [2.75, 3.05) is 6.54 Å². The molecule has 0 unspecified atom stereocenters. The van der Waals surface area contributed by atoms with Gasteiger partial charge in [0.1, 0.15) is 5.75 Å². The molecule has 1 aliphatic rings. The topological polar surface area (TPSA) is 75.4 Å². The maximum atomic E-state index is 12.2. The van der Waals surface area contributed by atoms with Crippen molar-refractivity contribution in [1.29, 1.82) is 0 Å². The van der Waals surface area contributed by atoms with Gasteiger partial charge in [0, 0.05) is 12.1 Å². The van der Waals surface area contributed by atoms with Gasteiger partial charge < -0.3 is 16.2 Å². The van der Waals surface area contributed by atoms with Crippen molar-refractivity contribution in [2.45, 2.75) is 38.1 Å². The van der Waals surface area contributed by atoms with Crippen molar-refractivity contribution in [3.63, 3.8) is 0 Å². The van der Waals surface area contributed by atoms with Gasteiger partial charge in [-0.2, -0.15) is 0 Å². The van der Waals surface area contributed by atoms with E-state index in [2.05, 4.69) is 5.32 Å². The van der Waals surface area contributed by atoms with E-state index < -0.39 is 0 Å². The van der Waals surface area contributed by atoms with E-state index in [0.29, 0.717) is 12.1 Å². The molecule has 1 amide bonds. The van der Waals surface area contributed by atoms with E-state index in [1.54, 1.807) is 19.1 Å². The van der Waals surface area contributed by atoms with Crippen LogP contribution in [0.3, 0.4) is 0 Å². The van der Waals surface area contributed by atoms with Gasteiger partial charge in [-0.25, -0.2) is 0 Å². The first-order chi connectivity index (χ1) is 8.56. The molecule has 18 heavy (non-hydrogen) atoms. The number of aryl methyl sites for hydroxylation is 1. The third-order valence-electron chi connectivity index (χ3n) is 3.80. The number of rotatable bonds is 3. The molecule has 0 atom stereocenters. The molecule has 1 aliphatic carbocycles. The number of phenols is 1. The van der Waals surface area contributed by atoms with Crippen LogP contribution >= 0.6 is 0 Å². The fourth-order valence-electron chi connectivity index (χ4n) is 2.50. The van der Waals surface area contributed by atoms with Crippen molar-refractivity contribution in [2.24, 2.45) is 5.73 Å². The zero-order valence-corrected chi connectivity index (χ0v) is 10.7. The first-order valence-corrected chi connectivity index (χ1v) is 6.38. The molecular formula is C14H20N2O2. The van der Waals surface area contributed by atoms with Crippen LogP contribution in [0.4, 0.5) is 0 Å². The molecule has 0 radical (unpaired) electrons. The second-order valence-electron chi connectivity index (χ2n) is 5.15. The Hall–Kier alpha value is -1.55. The zero-order chi connectivity index (χ0) is 13.2. The summed E-state index contributed by atoms with van der Waals surface area (Å²) in [5.74, 6) is -0.00600. The molecule has 0 saturated heterocycles. The van der Waals surface area contributed by atoms with Gasteiger partial charge in [0.2, 0.25) is 0 Å². The van der Waals surface area contributed by atoms with E-state index in [9.17, 15) is 9.90 Å². The van der Waals surface area contributed by atoms with Crippen LogP contribution in [0.15, 0.2) is 18.2 Å². The number of hydrogen-bond acceptors (Lipinski definition) is 3. The van der Waals surface area contributed by atoms with Gasteiger partial charge in [0.15, 0.2) is 0 Å². The third kappa shape index (κ3) is 2.48. The third-order valence-corrected chi connectivity index (χ3v) is 3.80. The highest BCUT2D eigenvalue weighted by atomic mass is 16.3. The maximum absolute atomic E-state index is 12.2. The molecule has 0 aromatic heterocycles. The Kier molecular flexibility index (Phi) is 3.57. The highest BCUT2D eigenvalue weighted by Gasteiger charge is 2.34. The largest absolute Gasteiger partial charge is 0.508 e. The first kappa shape index (κ1) is 12.9.